The van der Waals surface area contributed by atoms with Gasteiger partial charge in [0.25, 0.3) is 0 Å². The Morgan fingerprint density at radius 2 is 1.83 bits per heavy atom. The molecule has 3 rings (SSSR count). The Labute approximate surface area is 103 Å². The van der Waals surface area contributed by atoms with E-state index in [-0.39, 0.29) is 23.0 Å². The van der Waals surface area contributed by atoms with E-state index in [0.717, 1.165) is 0 Å². The number of hydrogen-bond acceptors (Lipinski definition) is 4. The van der Waals surface area contributed by atoms with Gasteiger partial charge in [0.05, 0.1) is 6.54 Å². The molecule has 1 aromatic carbocycles. The minimum Gasteiger partial charge on any atom is -0.287 e. The van der Waals surface area contributed by atoms with Crippen LogP contribution < -0.4 is 0 Å². The summed E-state index contributed by atoms with van der Waals surface area (Å²) >= 11 is 0. The fourth-order valence-electron chi connectivity index (χ4n) is 2.08. The minimum atomic E-state index is -0.254. The number of aromatic nitrogens is 3. The smallest absolute Gasteiger partial charge is 0.216 e. The van der Waals surface area contributed by atoms with Crippen molar-refractivity contribution in [2.75, 3.05) is 0 Å². The van der Waals surface area contributed by atoms with Gasteiger partial charge in [-0.15, -0.1) is 11.7 Å². The van der Waals surface area contributed by atoms with E-state index >= 15 is 0 Å². The molecule has 0 saturated heterocycles. The second-order valence-corrected chi connectivity index (χ2v) is 3.96. The molecule has 18 heavy (non-hydrogen) atoms. The predicted octanol–water partition coefficient (Wildman–Crippen LogP) is 1.24. The highest BCUT2D eigenvalue weighted by molar-refractivity contribution is 6.26. The lowest BCUT2D eigenvalue weighted by molar-refractivity contribution is 0.0971. The van der Waals surface area contributed by atoms with Crippen LogP contribution in [0.4, 0.5) is 0 Å². The molecule has 0 spiro atoms. The summed E-state index contributed by atoms with van der Waals surface area (Å²) in [5.41, 5.74) is 1.17. The Balaban J connectivity index is 2.25. The van der Waals surface area contributed by atoms with Gasteiger partial charge in [0, 0.05) is 11.1 Å². The van der Waals surface area contributed by atoms with Gasteiger partial charge in [-0.1, -0.05) is 35.6 Å². The summed E-state index contributed by atoms with van der Waals surface area (Å²) in [5.74, 6) is -0.470. The van der Waals surface area contributed by atoms with Crippen LogP contribution in [0.2, 0.25) is 0 Å². The zero-order valence-corrected chi connectivity index (χ0v) is 9.46. The molecule has 0 bridgehead atoms. The Morgan fingerprint density at radius 3 is 2.50 bits per heavy atom. The van der Waals surface area contributed by atoms with Crippen molar-refractivity contribution in [3.8, 4) is 0 Å². The molecule has 1 aliphatic rings. The lowest BCUT2D eigenvalue weighted by Gasteiger charge is -2.13. The number of carbonyl (C=O) groups excluding carboxylic acids is 2. The van der Waals surface area contributed by atoms with E-state index in [4.69, 9.17) is 0 Å². The van der Waals surface area contributed by atoms with Gasteiger partial charge >= 0.3 is 0 Å². The highest BCUT2D eigenvalue weighted by Crippen LogP contribution is 2.25. The maximum absolute atomic E-state index is 12.3. The normalized spacial score (nSPS) is 13.1. The van der Waals surface area contributed by atoms with Gasteiger partial charge in [0.15, 0.2) is 5.69 Å². The second-order valence-electron chi connectivity index (χ2n) is 3.96. The molecule has 0 amide bonds. The Kier molecular flexibility index (Phi) is 2.19. The van der Waals surface area contributed by atoms with Crippen molar-refractivity contribution in [1.82, 2.24) is 15.0 Å². The lowest BCUT2D eigenvalue weighted by atomic mass is 9.90. The van der Waals surface area contributed by atoms with Gasteiger partial charge in [0.1, 0.15) is 5.69 Å². The van der Waals surface area contributed by atoms with Gasteiger partial charge in [-0.25, -0.2) is 4.68 Å². The summed E-state index contributed by atoms with van der Waals surface area (Å²) in [7, 11) is 0. The third kappa shape index (κ3) is 1.27. The Bertz CT molecular complexity index is 685. The molecule has 2 aromatic rings. The van der Waals surface area contributed by atoms with E-state index in [0.29, 0.717) is 17.7 Å². The number of rotatable bonds is 2. The first-order chi connectivity index (χ1) is 8.74. The first-order valence-corrected chi connectivity index (χ1v) is 5.47. The van der Waals surface area contributed by atoms with Crippen LogP contribution in [-0.4, -0.2) is 26.6 Å². The molecule has 0 fully saturated rings. The number of carbonyl (C=O) groups is 2. The molecule has 88 valence electrons. The average molecular weight is 239 g/mol. The van der Waals surface area contributed by atoms with Gasteiger partial charge in [-0.05, 0) is 0 Å². The summed E-state index contributed by atoms with van der Waals surface area (Å²) in [6.07, 6.45) is 1.60. The van der Waals surface area contributed by atoms with Crippen LogP contribution in [0.5, 0.6) is 0 Å². The average Bonchev–Trinajstić information content (AvgIpc) is 2.81. The maximum atomic E-state index is 12.3. The molecule has 0 radical (unpaired) electrons. The van der Waals surface area contributed by atoms with E-state index in [2.05, 4.69) is 16.9 Å². The molecule has 0 N–H and O–H groups in total. The molecule has 1 aliphatic carbocycles. The van der Waals surface area contributed by atoms with E-state index < -0.39 is 0 Å². The van der Waals surface area contributed by atoms with E-state index in [9.17, 15) is 9.59 Å². The quantitative estimate of drug-likeness (QED) is 0.631. The van der Waals surface area contributed by atoms with Crippen molar-refractivity contribution in [2.45, 2.75) is 6.54 Å². The van der Waals surface area contributed by atoms with Crippen molar-refractivity contribution in [2.24, 2.45) is 0 Å². The van der Waals surface area contributed by atoms with Crippen LogP contribution >= 0.6 is 0 Å². The highest BCUT2D eigenvalue weighted by Gasteiger charge is 2.34. The number of ketones is 2. The second kappa shape index (κ2) is 3.73. The maximum Gasteiger partial charge on any atom is 0.216 e. The monoisotopic (exact) mass is 239 g/mol. The van der Waals surface area contributed by atoms with E-state index in [1.807, 2.05) is 0 Å². The molecule has 5 nitrogen and oxygen atoms in total. The number of nitrogens with zero attached hydrogens (tertiary/aromatic N) is 3. The first-order valence-electron chi connectivity index (χ1n) is 5.47. The third-order valence-electron chi connectivity index (χ3n) is 2.88. The van der Waals surface area contributed by atoms with Crippen molar-refractivity contribution >= 4 is 11.6 Å². The van der Waals surface area contributed by atoms with E-state index in [1.165, 1.54) is 4.68 Å². The Hall–Kier alpha value is -2.56. The van der Waals surface area contributed by atoms with Gasteiger partial charge in [-0.2, -0.15) is 0 Å². The standard InChI is InChI=1S/C13H9N3O2/c1-2-7-16-11-10(14-15-16)12(17)8-5-3-4-6-9(8)13(11)18/h2-6H,1,7H2. The topological polar surface area (TPSA) is 64.8 Å². The van der Waals surface area contributed by atoms with Crippen LogP contribution in [0.3, 0.4) is 0 Å². The molecular formula is C13H9N3O2. The zero-order valence-electron chi connectivity index (χ0n) is 9.46. The van der Waals surface area contributed by atoms with Gasteiger partial charge < -0.3 is 0 Å². The highest BCUT2D eigenvalue weighted by atomic mass is 16.1. The van der Waals surface area contributed by atoms with Crippen molar-refractivity contribution < 1.29 is 9.59 Å². The summed E-state index contributed by atoms with van der Waals surface area (Å²) in [6, 6.07) is 6.73. The molecule has 1 aromatic heterocycles. The van der Waals surface area contributed by atoms with Crippen molar-refractivity contribution in [3.63, 3.8) is 0 Å². The van der Waals surface area contributed by atoms with Crippen LogP contribution in [0, 0.1) is 0 Å². The zero-order chi connectivity index (χ0) is 12.7. The summed E-state index contributed by atoms with van der Waals surface area (Å²) in [4.78, 5) is 24.5. The summed E-state index contributed by atoms with van der Waals surface area (Å²) in [5, 5.41) is 7.63. The molecule has 0 unspecified atom stereocenters. The number of hydrogen-bond donors (Lipinski definition) is 0. The number of benzene rings is 1. The van der Waals surface area contributed by atoms with Gasteiger partial charge in [-0.3, -0.25) is 9.59 Å². The summed E-state index contributed by atoms with van der Waals surface area (Å²) in [6.45, 7) is 3.94. The molecule has 5 heteroatoms. The molecule has 1 heterocycles. The molecule has 0 atom stereocenters. The van der Waals surface area contributed by atoms with Crippen molar-refractivity contribution in [1.29, 1.82) is 0 Å². The Morgan fingerprint density at radius 1 is 1.17 bits per heavy atom. The van der Waals surface area contributed by atoms with Crippen molar-refractivity contribution in [3.05, 3.63) is 59.4 Å². The molecular weight excluding hydrogens is 230 g/mol. The lowest BCUT2D eigenvalue weighted by Crippen LogP contribution is -2.23. The van der Waals surface area contributed by atoms with Crippen LogP contribution in [0.1, 0.15) is 32.1 Å². The largest absolute Gasteiger partial charge is 0.287 e. The number of allylic oxidation sites excluding steroid dienone is 1. The molecule has 0 aliphatic heterocycles. The van der Waals surface area contributed by atoms with Crippen LogP contribution in [0.15, 0.2) is 36.9 Å². The molecule has 0 saturated carbocycles. The SMILES string of the molecule is C=CCn1nnc2c1C(=O)c1ccccc1C2=O. The predicted molar refractivity (Wildman–Crippen MR) is 63.5 cm³/mol. The fraction of sp³-hybridized carbons (Fsp3) is 0.0769. The summed E-state index contributed by atoms with van der Waals surface area (Å²) < 4.78 is 1.40. The first kappa shape index (κ1) is 10.6. The van der Waals surface area contributed by atoms with Crippen LogP contribution in [-0.2, 0) is 6.54 Å². The third-order valence-corrected chi connectivity index (χ3v) is 2.88. The van der Waals surface area contributed by atoms with Crippen LogP contribution in [0.25, 0.3) is 0 Å². The number of fused-ring (bicyclic) bond motifs is 2. The minimum absolute atomic E-state index is 0.126. The van der Waals surface area contributed by atoms with E-state index in [1.54, 1.807) is 30.3 Å². The van der Waals surface area contributed by atoms with Gasteiger partial charge in [0.2, 0.25) is 11.6 Å². The fourth-order valence-corrected chi connectivity index (χ4v) is 2.08.